The third-order valence-corrected chi connectivity index (χ3v) is 11.0. The maximum Gasteiger partial charge on any atom is 0.241 e. The highest BCUT2D eigenvalue weighted by Gasteiger charge is 2.55. The highest BCUT2D eigenvalue weighted by Crippen LogP contribution is 2.67. The Hall–Kier alpha value is -3.70. The van der Waals surface area contributed by atoms with Crippen molar-refractivity contribution in [2.24, 2.45) is 5.73 Å². The smallest absolute Gasteiger partial charge is 0.241 e. The van der Waals surface area contributed by atoms with Gasteiger partial charge in [0.15, 0.2) is 15.1 Å². The van der Waals surface area contributed by atoms with E-state index in [0.29, 0.717) is 11.3 Å². The Labute approximate surface area is 222 Å². The summed E-state index contributed by atoms with van der Waals surface area (Å²) in [6, 6.07) is 23.7. The largest absolute Gasteiger partial charge is 0.489 e. The van der Waals surface area contributed by atoms with E-state index in [-0.39, 0.29) is 28.4 Å². The molecule has 0 saturated carbocycles. The number of sulfone groups is 1. The van der Waals surface area contributed by atoms with Crippen LogP contribution in [0, 0.1) is 0 Å². The standard InChI is InChI=1S/C28H26N2O6S2/c29-28(31)27-26(37(32,33)21-11-5-2-6-12-21)25-22(16-20-10-7-15-30-17-20)23(13-14-24(25)38(27,34)35)36-18-19-8-3-1-4-9-19/h1-15,17,26-27,34-35H,16,18H2,(H2,29,31). The van der Waals surface area contributed by atoms with Crippen LogP contribution in [0.25, 0.3) is 0 Å². The minimum Gasteiger partial charge on any atom is -0.489 e. The van der Waals surface area contributed by atoms with Gasteiger partial charge in [-0.2, -0.15) is 10.6 Å². The number of nitrogens with zero attached hydrogens (tertiary/aromatic N) is 1. The normalized spacial score (nSPS) is 18.9. The third-order valence-electron chi connectivity index (χ3n) is 6.54. The summed E-state index contributed by atoms with van der Waals surface area (Å²) >= 11 is 0. The number of amides is 1. The van der Waals surface area contributed by atoms with E-state index in [4.69, 9.17) is 10.5 Å². The molecule has 8 nitrogen and oxygen atoms in total. The summed E-state index contributed by atoms with van der Waals surface area (Å²) in [5, 5.41) is -3.38. The fourth-order valence-electron chi connectivity index (χ4n) is 4.80. The van der Waals surface area contributed by atoms with Crippen LogP contribution >= 0.6 is 10.6 Å². The number of rotatable bonds is 8. The third kappa shape index (κ3) is 4.67. The Morgan fingerprint density at radius 2 is 1.58 bits per heavy atom. The van der Waals surface area contributed by atoms with Crippen molar-refractivity contribution in [2.75, 3.05) is 0 Å². The molecule has 0 spiro atoms. The summed E-state index contributed by atoms with van der Waals surface area (Å²) in [5.41, 5.74) is 7.86. The van der Waals surface area contributed by atoms with Crippen molar-refractivity contribution in [1.82, 2.24) is 4.98 Å². The molecule has 0 bridgehead atoms. The summed E-state index contributed by atoms with van der Waals surface area (Å²) < 4.78 is 56.8. The van der Waals surface area contributed by atoms with Gasteiger partial charge >= 0.3 is 0 Å². The number of hydrogen-bond donors (Lipinski definition) is 3. The van der Waals surface area contributed by atoms with Crippen LogP contribution < -0.4 is 10.5 Å². The molecule has 0 radical (unpaired) electrons. The zero-order chi connectivity index (χ0) is 26.9. The first-order valence-corrected chi connectivity index (χ1v) is 14.9. The van der Waals surface area contributed by atoms with E-state index in [9.17, 15) is 22.3 Å². The fraction of sp³-hybridized carbons (Fsp3) is 0.143. The van der Waals surface area contributed by atoms with E-state index in [1.807, 2.05) is 36.4 Å². The fourth-order valence-corrected chi connectivity index (χ4v) is 9.57. The van der Waals surface area contributed by atoms with Gasteiger partial charge in [-0.3, -0.25) is 18.9 Å². The Morgan fingerprint density at radius 3 is 2.21 bits per heavy atom. The van der Waals surface area contributed by atoms with E-state index in [1.165, 1.54) is 18.2 Å². The number of aromatic nitrogens is 1. The van der Waals surface area contributed by atoms with Gasteiger partial charge in [0.1, 0.15) is 17.6 Å². The monoisotopic (exact) mass is 550 g/mol. The Balaban J connectivity index is 1.73. The van der Waals surface area contributed by atoms with Crippen LogP contribution in [-0.2, 0) is 27.7 Å². The summed E-state index contributed by atoms with van der Waals surface area (Å²) in [6.45, 7) is 0.200. The molecule has 0 fully saturated rings. The van der Waals surface area contributed by atoms with Crippen LogP contribution in [0.3, 0.4) is 0 Å². The predicted octanol–water partition coefficient (Wildman–Crippen LogP) is 4.74. The highest BCUT2D eigenvalue weighted by atomic mass is 32.3. The molecular weight excluding hydrogens is 524 g/mol. The van der Waals surface area contributed by atoms with Crippen molar-refractivity contribution in [3.05, 3.63) is 120 Å². The molecular formula is C28H26N2O6S2. The molecule has 1 amide bonds. The molecule has 4 N–H and O–H groups in total. The summed E-state index contributed by atoms with van der Waals surface area (Å²) in [7, 11) is -8.20. The van der Waals surface area contributed by atoms with Crippen molar-refractivity contribution in [1.29, 1.82) is 0 Å². The molecule has 1 aliphatic heterocycles. The van der Waals surface area contributed by atoms with Crippen LogP contribution in [0.1, 0.15) is 27.5 Å². The van der Waals surface area contributed by atoms with E-state index < -0.39 is 36.8 Å². The van der Waals surface area contributed by atoms with Gasteiger partial charge in [0.05, 0.1) is 9.79 Å². The van der Waals surface area contributed by atoms with E-state index in [0.717, 1.165) is 11.1 Å². The lowest BCUT2D eigenvalue weighted by Gasteiger charge is -2.34. The lowest BCUT2D eigenvalue weighted by Crippen LogP contribution is -2.37. The number of pyridine rings is 1. The van der Waals surface area contributed by atoms with Crippen LogP contribution in [0.4, 0.5) is 0 Å². The summed E-state index contributed by atoms with van der Waals surface area (Å²) in [6.07, 6.45) is 3.44. The van der Waals surface area contributed by atoms with E-state index in [1.54, 1.807) is 42.7 Å². The maximum atomic E-state index is 14.0. The quantitative estimate of drug-likeness (QED) is 0.288. The number of nitrogens with two attached hydrogens (primary N) is 1. The van der Waals surface area contributed by atoms with Gasteiger partial charge in [0.25, 0.3) is 0 Å². The maximum absolute atomic E-state index is 14.0. The molecule has 196 valence electrons. The number of fused-ring (bicyclic) bond motifs is 1. The number of carbonyl (C=O) groups is 1. The van der Waals surface area contributed by atoms with Crippen LogP contribution in [-0.4, -0.2) is 33.7 Å². The summed E-state index contributed by atoms with van der Waals surface area (Å²) in [5.74, 6) is -0.741. The van der Waals surface area contributed by atoms with Crippen LogP contribution in [0.5, 0.6) is 5.75 Å². The molecule has 38 heavy (non-hydrogen) atoms. The summed E-state index contributed by atoms with van der Waals surface area (Å²) in [4.78, 5) is 16.7. The van der Waals surface area contributed by atoms with E-state index in [2.05, 4.69) is 4.98 Å². The second-order valence-corrected chi connectivity index (χ2v) is 13.2. The van der Waals surface area contributed by atoms with Gasteiger partial charge in [-0.15, -0.1) is 0 Å². The van der Waals surface area contributed by atoms with Crippen molar-refractivity contribution < 1.29 is 27.1 Å². The lowest BCUT2D eigenvalue weighted by molar-refractivity contribution is -0.117. The molecule has 1 aromatic heterocycles. The molecule has 10 heteroatoms. The number of benzene rings is 3. The lowest BCUT2D eigenvalue weighted by atomic mass is 9.96. The van der Waals surface area contributed by atoms with Crippen molar-refractivity contribution in [3.63, 3.8) is 0 Å². The number of primary amides is 1. The van der Waals surface area contributed by atoms with Gasteiger partial charge in [-0.05, 0) is 41.5 Å². The molecule has 4 aromatic rings. The van der Waals surface area contributed by atoms with Gasteiger partial charge in [-0.25, -0.2) is 8.42 Å². The van der Waals surface area contributed by atoms with Gasteiger partial charge in [-0.1, -0.05) is 54.6 Å². The first-order valence-electron chi connectivity index (χ1n) is 11.8. The zero-order valence-corrected chi connectivity index (χ0v) is 21.8. The first-order chi connectivity index (χ1) is 18.2. The number of hydrogen-bond acceptors (Lipinski definition) is 7. The minimum absolute atomic E-state index is 0.0169. The second-order valence-electron chi connectivity index (χ2n) is 8.96. The van der Waals surface area contributed by atoms with E-state index >= 15 is 0 Å². The zero-order valence-electron chi connectivity index (χ0n) is 20.2. The minimum atomic E-state index is -4.29. The molecule has 5 rings (SSSR count). The first kappa shape index (κ1) is 25.9. The Bertz CT molecular complexity index is 1560. The number of carbonyl (C=O) groups excluding carboxylic acids is 1. The van der Waals surface area contributed by atoms with Crippen LogP contribution in [0.2, 0.25) is 0 Å². The number of ether oxygens (including phenoxy) is 1. The molecule has 0 saturated heterocycles. The molecule has 2 atom stereocenters. The van der Waals surface area contributed by atoms with Gasteiger partial charge in [0, 0.05) is 29.9 Å². The SMILES string of the molecule is NC(=O)C1C(S(=O)(=O)c2ccccc2)c2c(ccc(OCc3ccccc3)c2Cc2cccnc2)S1(O)O. The van der Waals surface area contributed by atoms with Crippen molar-refractivity contribution in [2.45, 2.75) is 33.3 Å². The Kier molecular flexibility index (Phi) is 6.97. The second kappa shape index (κ2) is 10.2. The predicted molar refractivity (Wildman–Crippen MR) is 145 cm³/mol. The van der Waals surface area contributed by atoms with Gasteiger partial charge in [0.2, 0.25) is 5.91 Å². The van der Waals surface area contributed by atoms with Crippen molar-refractivity contribution in [3.8, 4) is 5.75 Å². The molecule has 2 heterocycles. The Morgan fingerprint density at radius 1 is 0.921 bits per heavy atom. The average Bonchev–Trinajstić information content (AvgIpc) is 3.17. The van der Waals surface area contributed by atoms with Gasteiger partial charge < -0.3 is 10.5 Å². The topological polar surface area (TPSA) is 140 Å². The van der Waals surface area contributed by atoms with Crippen molar-refractivity contribution >= 4 is 26.3 Å². The van der Waals surface area contributed by atoms with Crippen LogP contribution in [0.15, 0.2) is 107 Å². The highest BCUT2D eigenvalue weighted by molar-refractivity contribution is 8.26. The molecule has 2 unspecified atom stereocenters. The average molecular weight is 551 g/mol. The molecule has 0 aliphatic carbocycles. The molecule has 3 aromatic carbocycles. The molecule has 1 aliphatic rings.